The van der Waals surface area contributed by atoms with Crippen LogP contribution in [0.15, 0.2) is 58.5 Å². The number of aliphatic hydroxyl groups is 1. The molecule has 0 aliphatic carbocycles. The number of alkyl halides is 3. The summed E-state index contributed by atoms with van der Waals surface area (Å²) in [6.45, 7) is 1.64. The molecule has 12 heteroatoms. The molecule has 2 aromatic carbocycles. The number of nitrogens with zero attached hydrogens (tertiary/aromatic N) is 1. The first-order valence-electron chi connectivity index (χ1n) is 10.2. The SMILES string of the molecule is COc1c(Cl)cc(/C(O)=C2/C(=O)C(=O)N(c3ccc(OC(F)(F)F)cc3)C2c2ccc(C)o2)cc1Cl. The van der Waals surface area contributed by atoms with Gasteiger partial charge in [-0.1, -0.05) is 23.2 Å². The van der Waals surface area contributed by atoms with Crippen molar-refractivity contribution in [3.8, 4) is 11.5 Å². The number of anilines is 1. The zero-order chi connectivity index (χ0) is 26.4. The van der Waals surface area contributed by atoms with Gasteiger partial charge in [-0.25, -0.2) is 0 Å². The van der Waals surface area contributed by atoms with Gasteiger partial charge in [0.15, 0.2) is 5.75 Å². The van der Waals surface area contributed by atoms with Crippen LogP contribution in [0.3, 0.4) is 0 Å². The van der Waals surface area contributed by atoms with Crippen molar-refractivity contribution in [1.82, 2.24) is 0 Å². The average Bonchev–Trinajstić information content (AvgIpc) is 3.33. The van der Waals surface area contributed by atoms with Gasteiger partial charge in [0.25, 0.3) is 11.7 Å². The normalized spacial score (nSPS) is 17.5. The standard InChI is InChI=1S/C24H16Cl2F3NO6/c1-11-3-8-17(35-11)19-18(20(31)12-9-15(25)22(34-2)16(26)10-12)21(32)23(33)30(19)13-4-6-14(7-5-13)36-24(27,28)29/h3-10,19,31H,1-2H3/b20-18-. The summed E-state index contributed by atoms with van der Waals surface area (Å²) in [7, 11) is 1.35. The molecule has 0 radical (unpaired) electrons. The van der Waals surface area contributed by atoms with E-state index >= 15 is 0 Å². The summed E-state index contributed by atoms with van der Waals surface area (Å²) in [4.78, 5) is 27.2. The molecule has 1 amide bonds. The predicted molar refractivity (Wildman–Crippen MR) is 124 cm³/mol. The fourth-order valence-electron chi connectivity index (χ4n) is 3.82. The number of hydrogen-bond donors (Lipinski definition) is 1. The number of ether oxygens (including phenoxy) is 2. The highest BCUT2D eigenvalue weighted by atomic mass is 35.5. The number of rotatable bonds is 5. The molecule has 1 atom stereocenters. The van der Waals surface area contributed by atoms with Crippen molar-refractivity contribution >= 4 is 46.3 Å². The molecule has 1 unspecified atom stereocenters. The molecule has 188 valence electrons. The maximum atomic E-state index is 13.1. The Morgan fingerprint density at radius 1 is 1.06 bits per heavy atom. The number of furan rings is 1. The second-order valence-electron chi connectivity index (χ2n) is 7.63. The molecular weight excluding hydrogens is 526 g/mol. The molecule has 1 fully saturated rings. The number of aryl methyl sites for hydroxylation is 1. The second kappa shape index (κ2) is 9.44. The number of carbonyl (C=O) groups excluding carboxylic acids is 2. The third-order valence-electron chi connectivity index (χ3n) is 5.30. The number of aliphatic hydroxyl groups excluding tert-OH is 1. The van der Waals surface area contributed by atoms with E-state index in [1.54, 1.807) is 13.0 Å². The van der Waals surface area contributed by atoms with E-state index < -0.39 is 35.6 Å². The molecule has 1 aliphatic heterocycles. The van der Waals surface area contributed by atoms with Crippen LogP contribution in [0, 0.1) is 6.92 Å². The Balaban J connectivity index is 1.86. The molecule has 36 heavy (non-hydrogen) atoms. The number of ketones is 1. The Labute approximate surface area is 212 Å². The van der Waals surface area contributed by atoms with Crippen LogP contribution in [0.4, 0.5) is 18.9 Å². The minimum Gasteiger partial charge on any atom is -0.507 e. The van der Waals surface area contributed by atoms with Gasteiger partial charge >= 0.3 is 6.36 Å². The van der Waals surface area contributed by atoms with Crippen LogP contribution < -0.4 is 14.4 Å². The zero-order valence-corrected chi connectivity index (χ0v) is 20.0. The Bertz CT molecular complexity index is 1360. The van der Waals surface area contributed by atoms with Gasteiger partial charge < -0.3 is 19.0 Å². The maximum Gasteiger partial charge on any atom is 0.573 e. The molecule has 1 aromatic heterocycles. The molecule has 2 heterocycles. The Morgan fingerprint density at radius 3 is 2.17 bits per heavy atom. The number of methoxy groups -OCH3 is 1. The van der Waals surface area contributed by atoms with Gasteiger partial charge in [-0.15, -0.1) is 13.2 Å². The molecule has 1 aliphatic rings. The van der Waals surface area contributed by atoms with Crippen LogP contribution in [-0.2, 0) is 9.59 Å². The highest BCUT2D eigenvalue weighted by Crippen LogP contribution is 2.44. The maximum absolute atomic E-state index is 13.1. The molecular formula is C24H16Cl2F3NO6. The van der Waals surface area contributed by atoms with Gasteiger partial charge in [0.1, 0.15) is 29.1 Å². The van der Waals surface area contributed by atoms with E-state index in [-0.39, 0.29) is 38.4 Å². The number of benzene rings is 2. The molecule has 1 N–H and O–H groups in total. The van der Waals surface area contributed by atoms with Gasteiger partial charge in [-0.05, 0) is 55.5 Å². The molecule has 1 saturated heterocycles. The first kappa shape index (κ1) is 25.5. The first-order valence-corrected chi connectivity index (χ1v) is 10.9. The Morgan fingerprint density at radius 2 is 1.67 bits per heavy atom. The summed E-state index contributed by atoms with van der Waals surface area (Å²) < 4.78 is 52.3. The summed E-state index contributed by atoms with van der Waals surface area (Å²) in [5, 5.41) is 11.2. The van der Waals surface area contributed by atoms with Crippen molar-refractivity contribution in [2.75, 3.05) is 12.0 Å². The van der Waals surface area contributed by atoms with Crippen molar-refractivity contribution in [3.63, 3.8) is 0 Å². The van der Waals surface area contributed by atoms with E-state index in [0.717, 1.165) is 17.0 Å². The summed E-state index contributed by atoms with van der Waals surface area (Å²) in [5.41, 5.74) is -0.233. The largest absolute Gasteiger partial charge is 0.573 e. The number of amides is 1. The summed E-state index contributed by atoms with van der Waals surface area (Å²) in [6.07, 6.45) is -4.90. The van der Waals surface area contributed by atoms with Crippen LogP contribution in [0.25, 0.3) is 5.76 Å². The molecule has 4 rings (SSSR count). The van der Waals surface area contributed by atoms with Crippen LogP contribution in [0.2, 0.25) is 10.0 Å². The molecule has 3 aromatic rings. The Kier molecular flexibility index (Phi) is 6.68. The van der Waals surface area contributed by atoms with E-state index in [4.69, 9.17) is 32.4 Å². The quantitative estimate of drug-likeness (QED) is 0.227. The lowest BCUT2D eigenvalue weighted by Crippen LogP contribution is -2.29. The monoisotopic (exact) mass is 541 g/mol. The minimum atomic E-state index is -4.90. The number of hydrogen-bond acceptors (Lipinski definition) is 6. The van der Waals surface area contributed by atoms with Crippen molar-refractivity contribution in [1.29, 1.82) is 0 Å². The summed E-state index contributed by atoms with van der Waals surface area (Å²) in [5.74, 6) is -2.45. The molecule has 7 nitrogen and oxygen atoms in total. The number of halogens is 5. The number of Topliss-reactive ketones (excluding diaryl/α,β-unsaturated/α-hetero) is 1. The highest BCUT2D eigenvalue weighted by molar-refractivity contribution is 6.51. The van der Waals surface area contributed by atoms with Gasteiger partial charge in [-0.2, -0.15) is 0 Å². The lowest BCUT2D eigenvalue weighted by molar-refractivity contribution is -0.274. The van der Waals surface area contributed by atoms with E-state index in [0.29, 0.717) is 5.76 Å². The topological polar surface area (TPSA) is 89.2 Å². The molecule has 0 saturated carbocycles. The third-order valence-corrected chi connectivity index (χ3v) is 5.86. The van der Waals surface area contributed by atoms with Crippen LogP contribution in [0.1, 0.15) is 23.1 Å². The second-order valence-corrected chi connectivity index (χ2v) is 8.45. The van der Waals surface area contributed by atoms with Gasteiger partial charge in [0.2, 0.25) is 0 Å². The van der Waals surface area contributed by atoms with E-state index in [2.05, 4.69) is 4.74 Å². The van der Waals surface area contributed by atoms with Crippen molar-refractivity contribution in [3.05, 3.63) is 81.2 Å². The van der Waals surface area contributed by atoms with Crippen molar-refractivity contribution in [2.24, 2.45) is 0 Å². The van der Waals surface area contributed by atoms with Gasteiger partial charge in [0, 0.05) is 11.3 Å². The lowest BCUT2D eigenvalue weighted by atomic mass is 9.99. The van der Waals surface area contributed by atoms with Crippen LogP contribution in [-0.4, -0.2) is 30.3 Å². The van der Waals surface area contributed by atoms with Crippen molar-refractivity contribution in [2.45, 2.75) is 19.3 Å². The van der Waals surface area contributed by atoms with Gasteiger partial charge in [-0.3, -0.25) is 14.5 Å². The number of carbonyl (C=O) groups is 2. The predicted octanol–water partition coefficient (Wildman–Crippen LogP) is 6.43. The summed E-state index contributed by atoms with van der Waals surface area (Å²) >= 11 is 12.4. The zero-order valence-electron chi connectivity index (χ0n) is 18.5. The van der Waals surface area contributed by atoms with Crippen LogP contribution >= 0.6 is 23.2 Å². The molecule has 0 bridgehead atoms. The third kappa shape index (κ3) is 4.74. The average molecular weight is 542 g/mol. The lowest BCUT2D eigenvalue weighted by Gasteiger charge is -2.23. The molecule has 0 spiro atoms. The van der Waals surface area contributed by atoms with E-state index in [9.17, 15) is 27.9 Å². The highest BCUT2D eigenvalue weighted by Gasteiger charge is 2.48. The fraction of sp³-hybridized carbons (Fsp3) is 0.167. The summed E-state index contributed by atoms with van der Waals surface area (Å²) in [6, 6.07) is 8.83. The van der Waals surface area contributed by atoms with Crippen LogP contribution in [0.5, 0.6) is 11.5 Å². The van der Waals surface area contributed by atoms with Crippen molar-refractivity contribution < 1.29 is 41.8 Å². The van der Waals surface area contributed by atoms with E-state index in [1.165, 1.54) is 37.4 Å². The smallest absolute Gasteiger partial charge is 0.507 e. The minimum absolute atomic E-state index is 0.0333. The first-order chi connectivity index (χ1) is 16.9. The van der Waals surface area contributed by atoms with E-state index in [1.807, 2.05) is 0 Å². The van der Waals surface area contributed by atoms with Gasteiger partial charge in [0.05, 0.1) is 22.7 Å². The Hall–Kier alpha value is -3.63. The fourth-order valence-corrected chi connectivity index (χ4v) is 4.47.